The number of fused-ring (bicyclic) bond motifs is 2. The normalized spacial score (nSPS) is 26.2. The lowest BCUT2D eigenvalue weighted by Crippen LogP contribution is -2.64. The number of aliphatic hydroxyl groups is 8. The highest BCUT2D eigenvalue weighted by Crippen LogP contribution is 2.30. The molecule has 1 aromatic rings. The first-order valence-corrected chi connectivity index (χ1v) is 28.8. The third-order valence-electron chi connectivity index (χ3n) is 13.6. The van der Waals surface area contributed by atoms with Gasteiger partial charge in [0.25, 0.3) is 0 Å². The number of aliphatic hydroxyl groups excluding tert-OH is 8. The topological polar surface area (TPSA) is 474 Å². The van der Waals surface area contributed by atoms with Gasteiger partial charge in [-0.25, -0.2) is 9.59 Å². The van der Waals surface area contributed by atoms with Crippen LogP contribution in [0.25, 0.3) is 0 Å². The number of amides is 8. The van der Waals surface area contributed by atoms with Crippen LogP contribution >= 0.6 is 0 Å². The zero-order valence-corrected chi connectivity index (χ0v) is 50.4. The smallest absolute Gasteiger partial charge is 0.446 e. The van der Waals surface area contributed by atoms with Crippen molar-refractivity contribution in [2.45, 2.75) is 178 Å². The van der Waals surface area contributed by atoms with Crippen molar-refractivity contribution in [3.63, 3.8) is 0 Å². The zero-order valence-electron chi connectivity index (χ0n) is 49.6. The quantitative estimate of drug-likeness (QED) is 0.0733. The third kappa shape index (κ3) is 22.2. The van der Waals surface area contributed by atoms with E-state index in [4.69, 9.17) is 9.47 Å². The summed E-state index contributed by atoms with van der Waals surface area (Å²) in [6.07, 6.45) is -16.2. The van der Waals surface area contributed by atoms with Gasteiger partial charge in [-0.1, -0.05) is 19.9 Å². The van der Waals surface area contributed by atoms with Crippen molar-refractivity contribution in [2.24, 2.45) is 5.92 Å². The van der Waals surface area contributed by atoms with Gasteiger partial charge in [0.1, 0.15) is 47.5 Å². The van der Waals surface area contributed by atoms with E-state index >= 15 is 4.79 Å². The molecule has 0 radical (unpaired) electrons. The Kier molecular flexibility index (Phi) is 27.0. The van der Waals surface area contributed by atoms with Crippen molar-refractivity contribution in [1.29, 1.82) is 0 Å². The summed E-state index contributed by atoms with van der Waals surface area (Å²) in [6.45, 7) is 10.7. The molecular weight excluding hydrogens is 1150 g/mol. The summed E-state index contributed by atoms with van der Waals surface area (Å²) in [7, 11) is -1.15. The minimum Gasteiger partial charge on any atom is -0.504 e. The fraction of sp³-hybridized carbons (Fsp3) is 0.731. The van der Waals surface area contributed by atoms with Crippen molar-refractivity contribution in [3.05, 3.63) is 23.8 Å². The maximum atomic E-state index is 15.0. The number of nitrogens with one attached hydrogen (secondary N) is 5. The zero-order chi connectivity index (χ0) is 64.8. The highest BCUT2D eigenvalue weighted by atomic mass is 32.3. The summed E-state index contributed by atoms with van der Waals surface area (Å²) in [4.78, 5) is 118. The first-order chi connectivity index (χ1) is 39.2. The van der Waals surface area contributed by atoms with Gasteiger partial charge in [-0.15, -0.1) is 0 Å². The van der Waals surface area contributed by atoms with Crippen LogP contribution in [0, 0.1) is 5.92 Å². The van der Waals surface area contributed by atoms with Crippen LogP contribution in [0.3, 0.4) is 0 Å². The number of aromatic hydroxyl groups is 1. The Hall–Kier alpha value is -6.27. The summed E-state index contributed by atoms with van der Waals surface area (Å²) in [5.41, 5.74) is -2.42. The Morgan fingerprint density at radius 2 is 1.35 bits per heavy atom. The first kappa shape index (κ1) is 73.0. The number of benzene rings is 1. The molecule has 0 unspecified atom stereocenters. The molecule has 0 bridgehead atoms. The lowest BCUT2D eigenvalue weighted by atomic mass is 9.98. The number of hydrogen-bond donors (Lipinski definition) is 15. The second-order valence-electron chi connectivity index (χ2n) is 23.4. The molecule has 3 aliphatic heterocycles. The van der Waals surface area contributed by atoms with Crippen LogP contribution in [-0.4, -0.2) is 276 Å². The maximum Gasteiger partial charge on any atom is 0.446 e. The fourth-order valence-electron chi connectivity index (χ4n) is 9.03. The Morgan fingerprint density at radius 3 is 1.89 bits per heavy atom. The molecule has 0 aliphatic carbocycles. The average Bonchev–Trinajstić information content (AvgIpc) is 2.06. The third-order valence-corrected chi connectivity index (χ3v) is 14.0. The van der Waals surface area contributed by atoms with E-state index in [9.17, 15) is 92.5 Å². The number of carbonyl (C=O) groups excluding carboxylic acids is 8. The number of rotatable bonds is 15. The number of ether oxygens (including phenoxy) is 2. The van der Waals surface area contributed by atoms with E-state index < -0.39 is 231 Å². The highest BCUT2D eigenvalue weighted by molar-refractivity contribution is 7.81. The van der Waals surface area contributed by atoms with Gasteiger partial charge < -0.3 is 106 Å². The van der Waals surface area contributed by atoms with Crippen molar-refractivity contribution in [3.8, 4) is 11.5 Å². The Bertz CT molecular complexity index is 2580. The molecule has 484 valence electrons. The Balaban J connectivity index is 0.00000362. The van der Waals surface area contributed by atoms with E-state index in [1.807, 2.05) is 0 Å². The molecule has 15 N–H and O–H groups in total. The number of nitrogens with zero attached hydrogens (tertiary/aromatic N) is 4. The number of phenols is 1. The van der Waals surface area contributed by atoms with Crippen molar-refractivity contribution >= 4 is 58.0 Å². The molecule has 8 amide bonds. The molecular formula is C52H87N9O23S. The molecule has 3 saturated heterocycles. The minimum atomic E-state index is -5.26. The minimum absolute atomic E-state index is 0.155. The number of hydrogen-bond acceptors (Lipinski definition) is 23. The van der Waals surface area contributed by atoms with Crippen molar-refractivity contribution < 1.29 is 111 Å². The van der Waals surface area contributed by atoms with E-state index in [1.54, 1.807) is 0 Å². The predicted molar refractivity (Wildman–Crippen MR) is 297 cm³/mol. The van der Waals surface area contributed by atoms with Gasteiger partial charge in [0.05, 0.1) is 55.9 Å². The standard InChI is InChI=1S/C48H76N8O23S.C4H11N/c1-22-18-56-37(38(22)65)42(69)49-17-26(60)15-28(50-45(72)77-47(3,4)5)39(66)51-34(23(2)59)43(70)55-19-27(61)16-29(55)40(67)52-35(32(64)13-24-9-10-30(62)33(14-24)79-80(74,75)76)41(68)53-36(44(56)71)31(63)11-12-54(25(20-57)21-58)46(73)78-48(6,7)8;1-4-5(2)3/h9-10,14,22-23,25-29,31-32,34-38,57-65H,11-13,15-21H2,1-8H3,(H,49,69)(H,50,72)(H,51,66)(H,52,67)(H,53,68)(H,74,75,76);4H2,1-3H3/t22-,23+,26+,27+,28-,29-,31+,32+,34-,35-,36-,37-,38-;/m0./s1. The molecule has 85 heavy (non-hydrogen) atoms. The molecule has 0 saturated carbocycles. The van der Waals surface area contributed by atoms with Crippen LogP contribution in [0.15, 0.2) is 18.2 Å². The van der Waals surface area contributed by atoms with Gasteiger partial charge >= 0.3 is 22.6 Å². The summed E-state index contributed by atoms with van der Waals surface area (Å²) in [5, 5.41) is 110. The highest BCUT2D eigenvalue weighted by Gasteiger charge is 2.50. The van der Waals surface area contributed by atoms with Crippen LogP contribution in [0.4, 0.5) is 9.59 Å². The summed E-state index contributed by atoms with van der Waals surface area (Å²) in [5.74, 6) is -10.3. The average molecular weight is 1240 g/mol. The Labute approximate surface area is 493 Å². The molecule has 0 spiro atoms. The van der Waals surface area contributed by atoms with Crippen LogP contribution in [0.5, 0.6) is 11.5 Å². The number of β-amino-alcohol motifs (C(OH)–C–C–N with tert-alkyl or cyclic N) is 1. The van der Waals surface area contributed by atoms with E-state index in [2.05, 4.69) is 56.7 Å². The molecule has 4 rings (SSSR count). The molecule has 0 aromatic heterocycles. The summed E-state index contributed by atoms with van der Waals surface area (Å²) >= 11 is 0. The van der Waals surface area contributed by atoms with Gasteiger partial charge in [-0.2, -0.15) is 8.42 Å². The maximum absolute atomic E-state index is 15.0. The fourth-order valence-corrected chi connectivity index (χ4v) is 9.39. The number of alkyl carbamates (subject to hydrolysis) is 1. The molecule has 32 nitrogen and oxygen atoms in total. The second-order valence-corrected chi connectivity index (χ2v) is 24.4. The molecule has 13 atom stereocenters. The monoisotopic (exact) mass is 1240 g/mol. The van der Waals surface area contributed by atoms with E-state index in [0.717, 1.165) is 46.4 Å². The number of carbonyl (C=O) groups is 8. The van der Waals surface area contributed by atoms with Crippen molar-refractivity contribution in [1.82, 2.24) is 46.2 Å². The van der Waals surface area contributed by atoms with Gasteiger partial charge in [-0.05, 0) is 93.2 Å². The largest absolute Gasteiger partial charge is 0.504 e. The van der Waals surface area contributed by atoms with Gasteiger partial charge in [0, 0.05) is 51.4 Å². The number of phenolic OH excluding ortho intramolecular Hbond substituents is 1. The van der Waals surface area contributed by atoms with Crippen LogP contribution in [0.2, 0.25) is 0 Å². The lowest BCUT2D eigenvalue weighted by molar-refractivity contribution is -0.147. The predicted octanol–water partition coefficient (Wildman–Crippen LogP) is -4.83. The van der Waals surface area contributed by atoms with Gasteiger partial charge in [0.15, 0.2) is 11.5 Å². The van der Waals surface area contributed by atoms with Crippen LogP contribution in [-0.2, 0) is 55.1 Å². The van der Waals surface area contributed by atoms with Crippen LogP contribution < -0.4 is 30.8 Å². The molecule has 3 heterocycles. The van der Waals surface area contributed by atoms with Crippen molar-refractivity contribution in [2.75, 3.05) is 60.0 Å². The first-order valence-electron chi connectivity index (χ1n) is 27.4. The van der Waals surface area contributed by atoms with E-state index in [0.29, 0.717) is 0 Å². The van der Waals surface area contributed by atoms with E-state index in [1.165, 1.54) is 48.5 Å². The molecule has 3 fully saturated rings. The Morgan fingerprint density at radius 1 is 0.788 bits per heavy atom. The molecule has 1 aromatic carbocycles. The molecule has 33 heteroatoms. The molecule has 3 aliphatic rings. The van der Waals surface area contributed by atoms with Gasteiger partial charge in [-0.3, -0.25) is 33.3 Å². The van der Waals surface area contributed by atoms with E-state index in [-0.39, 0.29) is 5.56 Å². The lowest BCUT2D eigenvalue weighted by Gasteiger charge is -2.35. The summed E-state index contributed by atoms with van der Waals surface area (Å²) in [6, 6.07) is -10.6. The van der Waals surface area contributed by atoms with Gasteiger partial charge in [0.2, 0.25) is 35.4 Å². The second kappa shape index (κ2) is 31.4. The van der Waals surface area contributed by atoms with Crippen LogP contribution in [0.1, 0.15) is 87.1 Å². The summed E-state index contributed by atoms with van der Waals surface area (Å²) < 4.78 is 47.6. The SMILES string of the molecule is CCN(C)C.C[C@@H](O)[C@@H]1NC(=O)[C@@H](NC(=O)OC(C)(C)C)C[C@@H](O)CNC(=O)[C@@H]2[C@@H](O)[C@@H](C)CN2C(=O)[C@H]([C@H](O)CCN(C(=O)OC(C)(C)C)C(CO)CO)NC(=O)[C@H]([C@H](O)Cc2ccc(O)c(OS(=O)(=O)O)c2)NC(=O)[C@@H]2C[C@@H](O)CN2C1=O.